The molecule has 0 amide bonds. The molecule has 130 valence electrons. The molecule has 0 fully saturated rings. The van der Waals surface area contributed by atoms with E-state index in [2.05, 4.69) is 69.2 Å². The van der Waals surface area contributed by atoms with Crippen LogP contribution in [0.3, 0.4) is 0 Å². The molecule has 3 heteroatoms. The summed E-state index contributed by atoms with van der Waals surface area (Å²) in [5, 5.41) is 0. The fourth-order valence-corrected chi connectivity index (χ4v) is 8.73. The maximum atomic E-state index is 2.43. The molecule has 0 bridgehead atoms. The molecular weight excluding hydrogens is 491 g/mol. The fraction of sp³-hybridized carbons (Fsp3) is 0.600. The third-order valence-corrected chi connectivity index (χ3v) is 12.5. The minimum absolute atomic E-state index is 0. The van der Waals surface area contributed by atoms with Gasteiger partial charge in [0.15, 0.2) is 0 Å². The molecule has 0 saturated heterocycles. The normalized spacial score (nSPS) is 22.5. The number of halogens is 2. The van der Waals surface area contributed by atoms with E-state index < -0.39 is 23.2 Å². The third-order valence-electron chi connectivity index (χ3n) is 6.38. The first-order valence-corrected chi connectivity index (χ1v) is 10.5. The third kappa shape index (κ3) is 3.54. The summed E-state index contributed by atoms with van der Waals surface area (Å²) in [4.78, 5) is 0. The molecule has 0 heterocycles. The van der Waals surface area contributed by atoms with Gasteiger partial charge in [0, 0.05) is 0 Å². The van der Waals surface area contributed by atoms with E-state index in [4.69, 9.17) is 0 Å². The Balaban J connectivity index is 0.00000242. The first-order valence-electron chi connectivity index (χ1n) is 8.00. The fourth-order valence-electron chi connectivity index (χ4n) is 3.81. The summed E-state index contributed by atoms with van der Waals surface area (Å²) in [5.41, 5.74) is 10.0. The number of rotatable bonds is 2. The Morgan fingerprint density at radius 2 is 0.783 bits per heavy atom. The molecule has 0 aliphatic heterocycles. The zero-order chi connectivity index (χ0) is 16.3. The number of hydrogen-bond acceptors (Lipinski definition) is 0. The van der Waals surface area contributed by atoms with Gasteiger partial charge in [0.1, 0.15) is 0 Å². The summed E-state index contributed by atoms with van der Waals surface area (Å²) < 4.78 is 3.59. The van der Waals surface area contributed by atoms with Gasteiger partial charge in [-0.15, -0.1) is 34.0 Å². The molecule has 0 atom stereocenters. The van der Waals surface area contributed by atoms with E-state index in [-0.39, 0.29) is 44.8 Å². The van der Waals surface area contributed by atoms with Crippen molar-refractivity contribution in [1.82, 2.24) is 0 Å². The van der Waals surface area contributed by atoms with Gasteiger partial charge in [-0.05, 0) is 0 Å². The van der Waals surface area contributed by atoms with Crippen LogP contribution in [0.4, 0.5) is 0 Å². The molecule has 0 nitrogen and oxygen atoms in total. The minimum atomic E-state index is -0.730. The van der Waals surface area contributed by atoms with Crippen molar-refractivity contribution in [3.8, 4) is 0 Å². The quantitative estimate of drug-likeness (QED) is 0.351. The molecule has 0 aromatic heterocycles. The second-order valence-corrected chi connectivity index (χ2v) is 10.9. The monoisotopic (exact) mass is 520 g/mol. The number of hydrogen-bond donors (Lipinski definition) is 0. The zero-order valence-corrected chi connectivity index (χ0v) is 22.2. The van der Waals surface area contributed by atoms with Gasteiger partial charge < -0.3 is 0 Å². The summed E-state index contributed by atoms with van der Waals surface area (Å²) >= 11 is -0.730. The van der Waals surface area contributed by atoms with Crippen LogP contribution in [0.15, 0.2) is 40.0 Å². The van der Waals surface area contributed by atoms with Crippen LogP contribution in [0.5, 0.6) is 0 Å². The summed E-state index contributed by atoms with van der Waals surface area (Å²) in [7, 11) is 0. The molecule has 0 spiro atoms. The Kier molecular flexibility index (Phi) is 7.85. The molecule has 0 aromatic rings. The topological polar surface area (TPSA) is 0 Å². The second-order valence-electron chi connectivity index (χ2n) is 7.88. The summed E-state index contributed by atoms with van der Waals surface area (Å²) in [6.07, 6.45) is 0. The average Bonchev–Trinajstić information content (AvgIpc) is 2.63. The van der Waals surface area contributed by atoms with Crippen LogP contribution in [-0.2, 0) is 23.2 Å². The van der Waals surface area contributed by atoms with Crippen molar-refractivity contribution < 1.29 is 23.2 Å². The molecule has 0 radical (unpaired) electrons. The van der Waals surface area contributed by atoms with Gasteiger partial charge in [-0.3, -0.25) is 0 Å². The predicted octanol–water partition coefficient (Wildman–Crippen LogP) is 7.53. The van der Waals surface area contributed by atoms with E-state index in [1.807, 2.05) is 0 Å². The van der Waals surface area contributed by atoms with Gasteiger partial charge in [-0.1, -0.05) is 0 Å². The van der Waals surface area contributed by atoms with Crippen molar-refractivity contribution in [1.29, 1.82) is 0 Å². The van der Waals surface area contributed by atoms with Crippen molar-refractivity contribution >= 4 is 34.0 Å². The molecule has 0 unspecified atom stereocenters. The van der Waals surface area contributed by atoms with Gasteiger partial charge in [0.05, 0.1) is 0 Å². The molecule has 2 aliphatic rings. The Bertz CT molecular complexity index is 585. The van der Waals surface area contributed by atoms with E-state index in [9.17, 15) is 0 Å². The van der Waals surface area contributed by atoms with Crippen molar-refractivity contribution in [3.63, 3.8) is 0 Å². The van der Waals surface area contributed by atoms with Gasteiger partial charge in [-0.25, -0.2) is 0 Å². The Morgan fingerprint density at radius 3 is 0.957 bits per heavy atom. The first kappa shape index (κ1) is 23.8. The van der Waals surface area contributed by atoms with Crippen LogP contribution < -0.4 is 0 Å². The van der Waals surface area contributed by atoms with Crippen LogP contribution >= 0.6 is 34.0 Å². The molecule has 0 aromatic carbocycles. The van der Waals surface area contributed by atoms with Crippen LogP contribution in [0, 0.1) is 10.8 Å². The SMILES string of the molecule is Br.Br.CC1=C(C)C(C)(C)[C]([Zr][C]2=C(C)C(C)=C(C)C2(C)C)=C1C. The Morgan fingerprint density at radius 1 is 0.522 bits per heavy atom. The molecule has 2 rings (SSSR count). The summed E-state index contributed by atoms with van der Waals surface area (Å²) in [5.74, 6) is 0. The van der Waals surface area contributed by atoms with E-state index in [0.717, 1.165) is 0 Å². The van der Waals surface area contributed by atoms with Crippen molar-refractivity contribution in [2.75, 3.05) is 0 Å². The van der Waals surface area contributed by atoms with Gasteiger partial charge in [-0.2, -0.15) is 0 Å². The van der Waals surface area contributed by atoms with E-state index in [1.54, 1.807) is 40.0 Å². The average molecular weight is 524 g/mol. The van der Waals surface area contributed by atoms with Gasteiger partial charge >= 0.3 is 143 Å². The van der Waals surface area contributed by atoms with Crippen LogP contribution in [-0.4, -0.2) is 0 Å². The zero-order valence-electron chi connectivity index (χ0n) is 16.3. The molecule has 2 aliphatic carbocycles. The van der Waals surface area contributed by atoms with Crippen LogP contribution in [0.25, 0.3) is 0 Å². The van der Waals surface area contributed by atoms with Gasteiger partial charge in [0.2, 0.25) is 0 Å². The summed E-state index contributed by atoms with van der Waals surface area (Å²) in [6.45, 7) is 23.7. The number of allylic oxidation sites excluding steroid dienone is 8. The van der Waals surface area contributed by atoms with Crippen molar-refractivity contribution in [3.05, 3.63) is 40.0 Å². The van der Waals surface area contributed by atoms with Gasteiger partial charge in [0.25, 0.3) is 0 Å². The Hall–Kier alpha value is 0.803. The van der Waals surface area contributed by atoms with E-state index in [0.29, 0.717) is 0 Å². The first-order chi connectivity index (χ1) is 9.44. The van der Waals surface area contributed by atoms with Crippen molar-refractivity contribution in [2.45, 2.75) is 69.2 Å². The van der Waals surface area contributed by atoms with Crippen LogP contribution in [0.1, 0.15) is 69.2 Å². The molecule has 23 heavy (non-hydrogen) atoms. The van der Waals surface area contributed by atoms with Crippen molar-refractivity contribution in [2.24, 2.45) is 10.8 Å². The Labute approximate surface area is 176 Å². The standard InChI is InChI=1S/2C10H15.2BrH.Zr/c2*1-7-6-10(4,5)9(3)8(7)2;;;/h2*1-5H3;2*1H;. The molecule has 0 saturated carbocycles. The van der Waals surface area contributed by atoms with E-state index in [1.165, 1.54) is 0 Å². The predicted molar refractivity (Wildman–Crippen MR) is 110 cm³/mol. The van der Waals surface area contributed by atoms with E-state index >= 15 is 0 Å². The molecular formula is C20H32Br2Zr. The second kappa shape index (κ2) is 7.59. The molecule has 0 N–H and O–H groups in total. The maximum absolute atomic E-state index is 2.43. The summed E-state index contributed by atoms with van der Waals surface area (Å²) in [6, 6.07) is 0. The van der Waals surface area contributed by atoms with Crippen LogP contribution in [0.2, 0.25) is 0 Å².